The summed E-state index contributed by atoms with van der Waals surface area (Å²) in [4.78, 5) is 38.0. The molecule has 0 radical (unpaired) electrons. The Morgan fingerprint density at radius 2 is 1.54 bits per heavy atom. The maximum Gasteiger partial charge on any atom is 0.409 e. The van der Waals surface area contributed by atoms with Crippen molar-refractivity contribution in [3.8, 4) is 5.75 Å². The van der Waals surface area contributed by atoms with Gasteiger partial charge in [-0.3, -0.25) is 19.3 Å². The fraction of sp³-hybridized carbons (Fsp3) is 0.160. The van der Waals surface area contributed by atoms with E-state index in [1.165, 1.54) is 60.7 Å². The minimum absolute atomic E-state index is 0.0845. The monoisotopic (exact) mass is 486 g/mol. The third-order valence-corrected chi connectivity index (χ3v) is 5.36. The predicted molar refractivity (Wildman–Crippen MR) is 119 cm³/mol. The minimum atomic E-state index is -4.85. The minimum Gasteiger partial charge on any atom is -0.484 e. The van der Waals surface area contributed by atoms with E-state index < -0.39 is 42.9 Å². The van der Waals surface area contributed by atoms with Crippen LogP contribution in [-0.4, -0.2) is 36.4 Å². The number of anilines is 2. The number of hydrogen-bond donors (Lipinski definition) is 1. The highest BCUT2D eigenvalue weighted by Crippen LogP contribution is 2.37. The van der Waals surface area contributed by atoms with Crippen LogP contribution in [0.5, 0.6) is 5.75 Å². The molecule has 1 aliphatic rings. The third-order valence-electron chi connectivity index (χ3n) is 5.36. The van der Waals surface area contributed by atoms with Gasteiger partial charge in [-0.15, -0.1) is 0 Å². The summed E-state index contributed by atoms with van der Waals surface area (Å²) in [5.41, 5.74) is 0.547. The molecule has 1 N–H and O–H groups in total. The van der Waals surface area contributed by atoms with E-state index in [4.69, 9.17) is 4.74 Å². The number of amides is 2. The molecule has 1 aliphatic heterocycles. The molecular weight excluding hydrogens is 468 g/mol. The Hall–Kier alpha value is -4.21. The van der Waals surface area contributed by atoms with Crippen molar-refractivity contribution < 1.29 is 36.7 Å². The number of carbonyl (C=O) groups excluding carboxylic acids is 3. The first kappa shape index (κ1) is 23.9. The Kier molecular flexibility index (Phi) is 6.54. The van der Waals surface area contributed by atoms with Crippen LogP contribution < -0.4 is 15.0 Å². The number of halogens is 4. The molecule has 0 spiro atoms. The smallest absolute Gasteiger partial charge is 0.409 e. The Morgan fingerprint density at radius 1 is 0.943 bits per heavy atom. The number of rotatable bonds is 5. The average Bonchev–Trinajstić information content (AvgIpc) is 2.98. The SMILES string of the molecule is O=C1CC(C(F)(F)F)N(C(=O)COc2ccc(C(=O)c3ccc(F)cc3)cc2)c2ccccc2N1. The Bertz CT molecular complexity index is 1260. The molecule has 0 saturated heterocycles. The lowest BCUT2D eigenvalue weighted by Gasteiger charge is -2.31. The topological polar surface area (TPSA) is 75.7 Å². The molecule has 1 unspecified atom stereocenters. The molecule has 180 valence electrons. The summed E-state index contributed by atoms with van der Waals surface area (Å²) in [6.45, 7) is -0.736. The summed E-state index contributed by atoms with van der Waals surface area (Å²) in [5, 5.41) is 2.39. The van der Waals surface area contributed by atoms with E-state index >= 15 is 0 Å². The second kappa shape index (κ2) is 9.57. The molecule has 0 fully saturated rings. The highest BCUT2D eigenvalue weighted by atomic mass is 19.4. The zero-order valence-electron chi connectivity index (χ0n) is 18.0. The van der Waals surface area contributed by atoms with Crippen LogP contribution in [0.3, 0.4) is 0 Å². The van der Waals surface area contributed by atoms with E-state index in [-0.39, 0.29) is 34.0 Å². The number of ether oxygens (including phenoxy) is 1. The number of ketones is 1. The van der Waals surface area contributed by atoms with Gasteiger partial charge in [-0.25, -0.2) is 4.39 Å². The highest BCUT2D eigenvalue weighted by molar-refractivity contribution is 6.09. The van der Waals surface area contributed by atoms with Crippen molar-refractivity contribution in [2.45, 2.75) is 18.6 Å². The maximum absolute atomic E-state index is 13.8. The summed E-state index contributed by atoms with van der Waals surface area (Å²) >= 11 is 0. The van der Waals surface area contributed by atoms with Crippen molar-refractivity contribution in [3.63, 3.8) is 0 Å². The molecule has 0 saturated carbocycles. The standard InChI is InChI=1S/C25H18F4N2O4/c26-17-9-5-15(6-10-17)24(34)16-7-11-18(12-8-16)35-14-23(33)31-20-4-2-1-3-19(20)30-22(32)13-21(31)25(27,28)29/h1-12,21H,13-14H2,(H,30,32). The lowest BCUT2D eigenvalue weighted by atomic mass is 10.0. The van der Waals surface area contributed by atoms with Crippen molar-refractivity contribution in [3.05, 3.63) is 89.7 Å². The van der Waals surface area contributed by atoms with Crippen molar-refractivity contribution in [1.29, 1.82) is 0 Å². The molecule has 2 amide bonds. The number of benzene rings is 3. The number of fused-ring (bicyclic) bond motifs is 1. The highest BCUT2D eigenvalue weighted by Gasteiger charge is 2.49. The van der Waals surface area contributed by atoms with Crippen LogP contribution in [0.4, 0.5) is 28.9 Å². The number of hydrogen-bond acceptors (Lipinski definition) is 4. The van der Waals surface area contributed by atoms with Crippen LogP contribution in [-0.2, 0) is 9.59 Å². The van der Waals surface area contributed by atoms with Gasteiger partial charge in [0.1, 0.15) is 17.6 Å². The molecule has 3 aromatic carbocycles. The molecule has 0 aromatic heterocycles. The average molecular weight is 486 g/mol. The van der Waals surface area contributed by atoms with E-state index in [1.807, 2.05) is 0 Å². The Balaban J connectivity index is 1.51. The van der Waals surface area contributed by atoms with Crippen LogP contribution in [0.25, 0.3) is 0 Å². The zero-order chi connectivity index (χ0) is 25.2. The third kappa shape index (κ3) is 5.32. The van der Waals surface area contributed by atoms with E-state index in [0.29, 0.717) is 4.90 Å². The summed E-state index contributed by atoms with van der Waals surface area (Å²) in [6, 6.07) is 14.0. The quantitative estimate of drug-likeness (QED) is 0.418. The van der Waals surface area contributed by atoms with Crippen LogP contribution in [0.15, 0.2) is 72.8 Å². The van der Waals surface area contributed by atoms with E-state index in [2.05, 4.69) is 5.32 Å². The van der Waals surface area contributed by atoms with Crippen molar-refractivity contribution in [2.24, 2.45) is 0 Å². The Morgan fingerprint density at radius 3 is 2.17 bits per heavy atom. The summed E-state index contributed by atoms with van der Waals surface area (Å²) in [7, 11) is 0. The number of alkyl halides is 3. The molecule has 1 heterocycles. The van der Waals surface area contributed by atoms with Gasteiger partial charge in [0.15, 0.2) is 12.4 Å². The van der Waals surface area contributed by atoms with Crippen LogP contribution in [0.2, 0.25) is 0 Å². The van der Waals surface area contributed by atoms with Crippen LogP contribution >= 0.6 is 0 Å². The molecule has 1 atom stereocenters. The van der Waals surface area contributed by atoms with Gasteiger partial charge in [0.05, 0.1) is 17.8 Å². The largest absolute Gasteiger partial charge is 0.484 e. The van der Waals surface area contributed by atoms with Gasteiger partial charge in [0, 0.05) is 11.1 Å². The molecule has 35 heavy (non-hydrogen) atoms. The van der Waals surface area contributed by atoms with Crippen molar-refractivity contribution in [2.75, 3.05) is 16.8 Å². The van der Waals surface area contributed by atoms with Gasteiger partial charge in [0.25, 0.3) is 5.91 Å². The van der Waals surface area contributed by atoms with E-state index in [1.54, 1.807) is 0 Å². The fourth-order valence-electron chi connectivity index (χ4n) is 3.68. The van der Waals surface area contributed by atoms with Gasteiger partial charge < -0.3 is 10.1 Å². The lowest BCUT2D eigenvalue weighted by Crippen LogP contribution is -2.51. The second-order valence-electron chi connectivity index (χ2n) is 7.74. The molecule has 6 nitrogen and oxygen atoms in total. The first-order valence-electron chi connectivity index (χ1n) is 10.4. The second-order valence-corrected chi connectivity index (χ2v) is 7.74. The van der Waals surface area contributed by atoms with Gasteiger partial charge in [-0.2, -0.15) is 13.2 Å². The Labute approximate surface area is 197 Å². The van der Waals surface area contributed by atoms with Gasteiger partial charge in [-0.05, 0) is 60.7 Å². The van der Waals surface area contributed by atoms with Gasteiger partial charge in [0.2, 0.25) is 5.91 Å². The van der Waals surface area contributed by atoms with E-state index in [0.717, 1.165) is 12.1 Å². The number of carbonyl (C=O) groups is 3. The van der Waals surface area contributed by atoms with Gasteiger partial charge in [-0.1, -0.05) is 12.1 Å². The predicted octanol–water partition coefficient (Wildman–Crippen LogP) is 4.74. The molecule has 10 heteroatoms. The van der Waals surface area contributed by atoms with E-state index in [9.17, 15) is 31.9 Å². The van der Waals surface area contributed by atoms with Crippen LogP contribution in [0.1, 0.15) is 22.3 Å². The van der Waals surface area contributed by atoms with Crippen LogP contribution in [0, 0.1) is 5.82 Å². The first-order valence-corrected chi connectivity index (χ1v) is 10.4. The number of nitrogens with zero attached hydrogens (tertiary/aromatic N) is 1. The lowest BCUT2D eigenvalue weighted by molar-refractivity contribution is -0.158. The number of para-hydroxylation sites is 2. The summed E-state index contributed by atoms with van der Waals surface area (Å²) < 4.78 is 59.8. The van der Waals surface area contributed by atoms with Gasteiger partial charge >= 0.3 is 6.18 Å². The van der Waals surface area contributed by atoms with Crippen molar-refractivity contribution in [1.82, 2.24) is 0 Å². The van der Waals surface area contributed by atoms with Crippen molar-refractivity contribution >= 4 is 29.0 Å². The molecule has 4 rings (SSSR count). The summed E-state index contributed by atoms with van der Waals surface area (Å²) in [6.07, 6.45) is -5.81. The number of nitrogens with one attached hydrogen (secondary N) is 1. The molecular formula is C25H18F4N2O4. The zero-order valence-corrected chi connectivity index (χ0v) is 18.0. The fourth-order valence-corrected chi connectivity index (χ4v) is 3.68. The maximum atomic E-state index is 13.8. The first-order chi connectivity index (χ1) is 16.6. The normalized spacial score (nSPS) is 15.6. The molecule has 0 aliphatic carbocycles. The molecule has 3 aromatic rings. The molecule has 0 bridgehead atoms. The summed E-state index contributed by atoms with van der Waals surface area (Å²) in [5.74, 6) is -2.55.